The summed E-state index contributed by atoms with van der Waals surface area (Å²) >= 11 is 11.9. The lowest BCUT2D eigenvalue weighted by molar-refractivity contribution is 0.102. The summed E-state index contributed by atoms with van der Waals surface area (Å²) in [6.07, 6.45) is 1.52. The third-order valence-corrected chi connectivity index (χ3v) is 4.41. The number of pyridine rings is 1. The summed E-state index contributed by atoms with van der Waals surface area (Å²) in [5.74, 6) is 0.114. The van der Waals surface area contributed by atoms with Gasteiger partial charge >= 0.3 is 0 Å². The van der Waals surface area contributed by atoms with Crippen LogP contribution in [0.4, 0.5) is 5.69 Å². The number of benzene rings is 2. The maximum Gasteiger partial charge on any atom is 0.257 e. The molecule has 1 aromatic heterocycles. The van der Waals surface area contributed by atoms with E-state index >= 15 is 0 Å². The zero-order chi connectivity index (χ0) is 19.4. The zero-order valence-electron chi connectivity index (χ0n) is 14.4. The second-order valence-electron chi connectivity index (χ2n) is 5.81. The Morgan fingerprint density at radius 3 is 2.44 bits per heavy atom. The van der Waals surface area contributed by atoms with Crippen LogP contribution in [0.1, 0.15) is 15.9 Å². The van der Waals surface area contributed by atoms with E-state index in [-0.39, 0.29) is 11.5 Å². The summed E-state index contributed by atoms with van der Waals surface area (Å²) in [5.41, 5.74) is 1.48. The molecule has 0 saturated heterocycles. The molecular weight excluding hydrogens is 387 g/mol. The molecule has 0 spiro atoms. The molecule has 7 heteroatoms. The Bertz CT molecular complexity index is 1030. The van der Waals surface area contributed by atoms with Crippen LogP contribution in [0.25, 0.3) is 0 Å². The zero-order valence-corrected chi connectivity index (χ0v) is 15.9. The SMILES string of the molecule is COc1ccc(Cl)cc1NC(=O)c1ccc(=O)n(Cc2ccc(Cl)cc2)c1. The number of halogens is 2. The standard InChI is InChI=1S/C20H16Cl2N2O3/c1-27-18-8-7-16(22)10-17(18)23-20(26)14-4-9-19(25)24(12-14)11-13-2-5-15(21)6-3-13/h2-10,12H,11H2,1H3,(H,23,26). The normalized spacial score (nSPS) is 10.5. The smallest absolute Gasteiger partial charge is 0.257 e. The van der Waals surface area contributed by atoms with E-state index in [1.165, 1.54) is 30.0 Å². The van der Waals surface area contributed by atoms with Gasteiger partial charge in [-0.3, -0.25) is 9.59 Å². The number of hydrogen-bond acceptors (Lipinski definition) is 3. The molecule has 0 aliphatic heterocycles. The molecular formula is C20H16Cl2N2O3. The van der Waals surface area contributed by atoms with Crippen LogP contribution in [0.15, 0.2) is 65.6 Å². The van der Waals surface area contributed by atoms with Gasteiger partial charge in [0.05, 0.1) is 24.9 Å². The van der Waals surface area contributed by atoms with Crippen molar-refractivity contribution in [3.63, 3.8) is 0 Å². The van der Waals surface area contributed by atoms with Gasteiger partial charge in [-0.1, -0.05) is 35.3 Å². The summed E-state index contributed by atoms with van der Waals surface area (Å²) in [5, 5.41) is 3.85. The number of carbonyl (C=O) groups excluding carboxylic acids is 1. The minimum absolute atomic E-state index is 0.207. The third kappa shape index (κ3) is 4.70. The number of ether oxygens (including phenoxy) is 1. The molecule has 0 unspecified atom stereocenters. The highest BCUT2D eigenvalue weighted by atomic mass is 35.5. The van der Waals surface area contributed by atoms with Crippen molar-refractivity contribution < 1.29 is 9.53 Å². The number of anilines is 1. The van der Waals surface area contributed by atoms with E-state index in [9.17, 15) is 9.59 Å². The van der Waals surface area contributed by atoms with Crippen molar-refractivity contribution in [2.45, 2.75) is 6.54 Å². The summed E-state index contributed by atoms with van der Waals surface area (Å²) in [7, 11) is 1.51. The van der Waals surface area contributed by atoms with Gasteiger partial charge in [0.1, 0.15) is 5.75 Å². The molecule has 0 fully saturated rings. The first kappa shape index (κ1) is 19.0. The highest BCUT2D eigenvalue weighted by Gasteiger charge is 2.12. The number of amides is 1. The largest absolute Gasteiger partial charge is 0.495 e. The number of rotatable bonds is 5. The lowest BCUT2D eigenvalue weighted by Gasteiger charge is -2.12. The van der Waals surface area contributed by atoms with Gasteiger partial charge in [0.25, 0.3) is 11.5 Å². The van der Waals surface area contributed by atoms with Gasteiger partial charge in [0, 0.05) is 22.3 Å². The molecule has 138 valence electrons. The van der Waals surface area contributed by atoms with Crippen LogP contribution in [0, 0.1) is 0 Å². The molecule has 3 aromatic rings. The van der Waals surface area contributed by atoms with E-state index in [1.54, 1.807) is 30.3 Å². The number of aromatic nitrogens is 1. The quantitative estimate of drug-likeness (QED) is 0.684. The van der Waals surface area contributed by atoms with Crippen LogP contribution in [-0.4, -0.2) is 17.6 Å². The Labute approximate surface area is 166 Å². The van der Waals surface area contributed by atoms with Gasteiger partial charge in [-0.25, -0.2) is 0 Å². The highest BCUT2D eigenvalue weighted by Crippen LogP contribution is 2.28. The molecule has 0 saturated carbocycles. The van der Waals surface area contributed by atoms with Gasteiger partial charge < -0.3 is 14.6 Å². The van der Waals surface area contributed by atoms with Gasteiger partial charge in [-0.2, -0.15) is 0 Å². The average molecular weight is 403 g/mol. The first-order valence-electron chi connectivity index (χ1n) is 8.06. The van der Waals surface area contributed by atoms with Crippen LogP contribution in [0.2, 0.25) is 10.0 Å². The van der Waals surface area contributed by atoms with Gasteiger partial charge in [0.15, 0.2) is 0 Å². The predicted octanol–water partition coefficient (Wildman–Crippen LogP) is 4.46. The minimum Gasteiger partial charge on any atom is -0.495 e. The van der Waals surface area contributed by atoms with Gasteiger partial charge in [-0.15, -0.1) is 0 Å². The fraction of sp³-hybridized carbons (Fsp3) is 0.100. The van der Waals surface area contributed by atoms with Crippen LogP contribution in [0.3, 0.4) is 0 Å². The molecule has 1 amide bonds. The number of nitrogens with zero attached hydrogens (tertiary/aromatic N) is 1. The molecule has 5 nitrogen and oxygen atoms in total. The molecule has 0 radical (unpaired) electrons. The Hall–Kier alpha value is -2.76. The van der Waals surface area contributed by atoms with E-state index in [0.29, 0.717) is 33.6 Å². The minimum atomic E-state index is -0.375. The lowest BCUT2D eigenvalue weighted by Crippen LogP contribution is -2.22. The van der Waals surface area contributed by atoms with Crippen molar-refractivity contribution in [2.75, 3.05) is 12.4 Å². The van der Waals surface area contributed by atoms with Crippen LogP contribution < -0.4 is 15.6 Å². The summed E-state index contributed by atoms with van der Waals surface area (Å²) in [4.78, 5) is 24.7. The van der Waals surface area contributed by atoms with Crippen molar-refractivity contribution >= 4 is 34.8 Å². The predicted molar refractivity (Wildman–Crippen MR) is 107 cm³/mol. The first-order chi connectivity index (χ1) is 13.0. The maximum atomic E-state index is 12.6. The van der Waals surface area contributed by atoms with E-state index in [4.69, 9.17) is 27.9 Å². The van der Waals surface area contributed by atoms with E-state index in [2.05, 4.69) is 5.32 Å². The summed E-state index contributed by atoms with van der Waals surface area (Å²) < 4.78 is 6.69. The van der Waals surface area contributed by atoms with Crippen LogP contribution >= 0.6 is 23.2 Å². The number of nitrogens with one attached hydrogen (secondary N) is 1. The second-order valence-corrected chi connectivity index (χ2v) is 6.68. The first-order valence-corrected chi connectivity index (χ1v) is 8.81. The molecule has 2 aromatic carbocycles. The molecule has 27 heavy (non-hydrogen) atoms. The Kier molecular flexibility index (Phi) is 5.84. The van der Waals surface area contributed by atoms with Crippen molar-refractivity contribution in [2.24, 2.45) is 0 Å². The lowest BCUT2D eigenvalue weighted by atomic mass is 10.2. The molecule has 1 N–H and O–H groups in total. The number of methoxy groups -OCH3 is 1. The molecule has 1 heterocycles. The van der Waals surface area contributed by atoms with Crippen LogP contribution in [-0.2, 0) is 6.54 Å². The number of carbonyl (C=O) groups is 1. The average Bonchev–Trinajstić information content (AvgIpc) is 2.65. The Morgan fingerprint density at radius 1 is 1.04 bits per heavy atom. The fourth-order valence-corrected chi connectivity index (χ4v) is 2.85. The second kappa shape index (κ2) is 8.29. The Balaban J connectivity index is 1.85. The van der Waals surface area contributed by atoms with Crippen molar-refractivity contribution in [1.29, 1.82) is 0 Å². The maximum absolute atomic E-state index is 12.6. The summed E-state index contributed by atoms with van der Waals surface area (Å²) in [6.45, 7) is 0.331. The molecule has 0 aliphatic rings. The van der Waals surface area contributed by atoms with E-state index in [0.717, 1.165) is 5.56 Å². The topological polar surface area (TPSA) is 60.3 Å². The molecule has 0 bridgehead atoms. The van der Waals surface area contributed by atoms with Crippen LogP contribution in [0.5, 0.6) is 5.75 Å². The van der Waals surface area contributed by atoms with Gasteiger partial charge in [-0.05, 0) is 42.0 Å². The molecule has 3 rings (SSSR count). The summed E-state index contributed by atoms with van der Waals surface area (Å²) in [6, 6.07) is 14.9. The molecule has 0 aliphatic carbocycles. The van der Waals surface area contributed by atoms with Crippen molar-refractivity contribution in [3.8, 4) is 5.75 Å². The number of hydrogen-bond donors (Lipinski definition) is 1. The van der Waals surface area contributed by atoms with E-state index in [1.807, 2.05) is 12.1 Å². The third-order valence-electron chi connectivity index (χ3n) is 3.92. The Morgan fingerprint density at radius 2 is 1.74 bits per heavy atom. The molecule has 0 atom stereocenters. The van der Waals surface area contributed by atoms with Crippen molar-refractivity contribution in [1.82, 2.24) is 4.57 Å². The fourth-order valence-electron chi connectivity index (χ4n) is 2.55. The van der Waals surface area contributed by atoms with Crippen molar-refractivity contribution in [3.05, 3.63) is 92.3 Å². The van der Waals surface area contributed by atoms with E-state index < -0.39 is 0 Å². The monoisotopic (exact) mass is 402 g/mol. The van der Waals surface area contributed by atoms with Gasteiger partial charge in [0.2, 0.25) is 0 Å². The highest BCUT2D eigenvalue weighted by molar-refractivity contribution is 6.31.